The molecule has 1 aromatic rings. The summed E-state index contributed by atoms with van der Waals surface area (Å²) in [7, 11) is -2.03. The van der Waals surface area contributed by atoms with Crippen molar-refractivity contribution in [3.05, 3.63) is 23.8 Å². The van der Waals surface area contributed by atoms with Gasteiger partial charge in [-0.1, -0.05) is 92.9 Å². The molecular weight excluding hydrogens is 408 g/mol. The lowest BCUT2D eigenvalue weighted by atomic mass is 9.80. The van der Waals surface area contributed by atoms with Gasteiger partial charge in [-0.25, -0.2) is 0 Å². The SMILES string of the molecule is C#Cc1cc(OCC2CCC(CCCCC)CC2)ccc1O[Si](C(C)C)(C(C)C)C(C)C. The van der Waals surface area contributed by atoms with Crippen molar-refractivity contribution in [2.75, 3.05) is 6.61 Å². The highest BCUT2D eigenvalue weighted by molar-refractivity contribution is 6.78. The van der Waals surface area contributed by atoms with E-state index in [-0.39, 0.29) is 0 Å². The predicted octanol–water partition coefficient (Wildman–Crippen LogP) is 8.99. The third kappa shape index (κ3) is 6.80. The van der Waals surface area contributed by atoms with E-state index in [2.05, 4.69) is 54.4 Å². The van der Waals surface area contributed by atoms with Crippen LogP contribution in [0.3, 0.4) is 0 Å². The Hall–Kier alpha value is -1.40. The largest absolute Gasteiger partial charge is 0.542 e. The summed E-state index contributed by atoms with van der Waals surface area (Å²) >= 11 is 0. The molecule has 0 saturated heterocycles. The molecule has 2 nitrogen and oxygen atoms in total. The summed E-state index contributed by atoms with van der Waals surface area (Å²) in [5, 5.41) is 0. The highest BCUT2D eigenvalue weighted by Gasteiger charge is 2.47. The smallest absolute Gasteiger partial charge is 0.258 e. The second kappa shape index (κ2) is 12.7. The Morgan fingerprint density at radius 1 is 0.938 bits per heavy atom. The highest BCUT2D eigenvalue weighted by Crippen LogP contribution is 2.43. The second-order valence-electron chi connectivity index (χ2n) is 10.9. The topological polar surface area (TPSA) is 18.5 Å². The van der Waals surface area contributed by atoms with Gasteiger partial charge in [-0.2, -0.15) is 0 Å². The Morgan fingerprint density at radius 2 is 1.53 bits per heavy atom. The van der Waals surface area contributed by atoms with Gasteiger partial charge < -0.3 is 9.16 Å². The third-order valence-corrected chi connectivity index (χ3v) is 13.8. The van der Waals surface area contributed by atoms with Crippen LogP contribution in [0.5, 0.6) is 11.5 Å². The number of unbranched alkanes of at least 4 members (excludes halogenated alkanes) is 2. The van der Waals surface area contributed by atoms with E-state index in [0.717, 1.165) is 29.6 Å². The minimum Gasteiger partial charge on any atom is -0.542 e. The van der Waals surface area contributed by atoms with Gasteiger partial charge in [0, 0.05) is 0 Å². The van der Waals surface area contributed by atoms with Gasteiger partial charge in [0.25, 0.3) is 8.32 Å². The van der Waals surface area contributed by atoms with Crippen LogP contribution in [0.4, 0.5) is 0 Å². The van der Waals surface area contributed by atoms with Gasteiger partial charge in [0.2, 0.25) is 0 Å². The van der Waals surface area contributed by atoms with Gasteiger partial charge in [-0.3, -0.25) is 0 Å². The molecule has 0 amide bonds. The maximum atomic E-state index is 6.85. The van der Waals surface area contributed by atoms with Crippen molar-refractivity contribution in [3.63, 3.8) is 0 Å². The van der Waals surface area contributed by atoms with E-state index < -0.39 is 8.32 Å². The molecule has 1 saturated carbocycles. The Labute approximate surface area is 200 Å². The summed E-state index contributed by atoms with van der Waals surface area (Å²) in [6.07, 6.45) is 16.8. The van der Waals surface area contributed by atoms with E-state index >= 15 is 0 Å². The maximum absolute atomic E-state index is 6.85. The van der Waals surface area contributed by atoms with Crippen molar-refractivity contribution < 1.29 is 9.16 Å². The molecule has 0 atom stereocenters. The van der Waals surface area contributed by atoms with Crippen molar-refractivity contribution >= 4 is 8.32 Å². The van der Waals surface area contributed by atoms with Crippen LogP contribution in [-0.4, -0.2) is 14.9 Å². The molecule has 2 rings (SSSR count). The molecule has 0 spiro atoms. The summed E-state index contributed by atoms with van der Waals surface area (Å²) in [5.41, 5.74) is 2.37. The fourth-order valence-corrected chi connectivity index (χ4v) is 11.2. The monoisotopic (exact) mass is 456 g/mol. The number of hydrogen-bond donors (Lipinski definition) is 0. The standard InChI is InChI=1S/C29H48O2Si/c1-9-11-12-13-25-14-16-26(17-15-25)21-30-28-18-19-29(27(10-2)20-28)31-32(22(3)4,23(5)6)24(7)8/h2,18-20,22-26H,9,11-17,21H2,1,3-8H3. The molecule has 3 heteroatoms. The summed E-state index contributed by atoms with van der Waals surface area (Å²) in [6, 6.07) is 6.10. The van der Waals surface area contributed by atoms with Crippen LogP contribution in [0, 0.1) is 24.2 Å². The van der Waals surface area contributed by atoms with E-state index in [1.165, 1.54) is 51.4 Å². The highest BCUT2D eigenvalue weighted by atomic mass is 28.4. The fraction of sp³-hybridized carbons (Fsp3) is 0.724. The first-order chi connectivity index (χ1) is 15.2. The van der Waals surface area contributed by atoms with Crippen LogP contribution < -0.4 is 9.16 Å². The van der Waals surface area contributed by atoms with E-state index in [9.17, 15) is 0 Å². The quantitative estimate of drug-likeness (QED) is 0.177. The summed E-state index contributed by atoms with van der Waals surface area (Å²) in [6.45, 7) is 16.9. The zero-order chi connectivity index (χ0) is 23.7. The molecule has 1 aliphatic rings. The maximum Gasteiger partial charge on any atom is 0.258 e. The molecule has 32 heavy (non-hydrogen) atoms. The Morgan fingerprint density at radius 3 is 2.06 bits per heavy atom. The molecule has 0 heterocycles. The van der Waals surface area contributed by atoms with Gasteiger partial charge in [0.15, 0.2) is 0 Å². The van der Waals surface area contributed by atoms with Gasteiger partial charge in [0.1, 0.15) is 11.5 Å². The first-order valence-electron chi connectivity index (χ1n) is 13.2. The zero-order valence-electron chi connectivity index (χ0n) is 21.9. The van der Waals surface area contributed by atoms with Crippen LogP contribution in [-0.2, 0) is 0 Å². The lowest BCUT2D eigenvalue weighted by Crippen LogP contribution is -2.50. The molecule has 0 unspecified atom stereocenters. The first kappa shape index (κ1) is 26.8. The second-order valence-corrected chi connectivity index (χ2v) is 16.3. The molecule has 1 aliphatic carbocycles. The van der Waals surface area contributed by atoms with Crippen LogP contribution in [0.1, 0.15) is 105 Å². The van der Waals surface area contributed by atoms with Gasteiger partial charge in [-0.15, -0.1) is 6.42 Å². The van der Waals surface area contributed by atoms with Gasteiger partial charge in [0.05, 0.1) is 12.2 Å². The van der Waals surface area contributed by atoms with E-state index in [4.69, 9.17) is 15.6 Å². The molecular formula is C29H48O2Si. The molecule has 180 valence electrons. The predicted molar refractivity (Wildman–Crippen MR) is 141 cm³/mol. The van der Waals surface area contributed by atoms with Crippen molar-refractivity contribution in [3.8, 4) is 23.8 Å². The van der Waals surface area contributed by atoms with Crippen molar-refractivity contribution in [1.29, 1.82) is 0 Å². The minimum atomic E-state index is -2.03. The number of hydrogen-bond acceptors (Lipinski definition) is 2. The lowest BCUT2D eigenvalue weighted by Gasteiger charge is -2.42. The Balaban J connectivity index is 1.99. The van der Waals surface area contributed by atoms with Gasteiger partial charge in [-0.05, 0) is 59.5 Å². The zero-order valence-corrected chi connectivity index (χ0v) is 22.9. The summed E-state index contributed by atoms with van der Waals surface area (Å²) < 4.78 is 13.1. The Kier molecular flexibility index (Phi) is 10.7. The van der Waals surface area contributed by atoms with Crippen LogP contribution >= 0.6 is 0 Å². The minimum absolute atomic E-state index is 0.515. The number of benzene rings is 1. The lowest BCUT2D eigenvalue weighted by molar-refractivity contribution is 0.177. The summed E-state index contributed by atoms with van der Waals surface area (Å²) in [4.78, 5) is 0. The van der Waals surface area contributed by atoms with Gasteiger partial charge >= 0.3 is 0 Å². The van der Waals surface area contributed by atoms with E-state index in [1.807, 2.05) is 18.2 Å². The molecule has 1 fully saturated rings. The molecule has 0 aromatic heterocycles. The van der Waals surface area contributed by atoms with Crippen molar-refractivity contribution in [2.24, 2.45) is 11.8 Å². The van der Waals surface area contributed by atoms with Crippen LogP contribution in [0.25, 0.3) is 0 Å². The fourth-order valence-electron chi connectivity index (χ4n) is 5.93. The van der Waals surface area contributed by atoms with E-state index in [0.29, 0.717) is 22.5 Å². The molecule has 0 bridgehead atoms. The third-order valence-electron chi connectivity index (χ3n) is 7.77. The van der Waals surface area contributed by atoms with E-state index in [1.54, 1.807) is 0 Å². The number of terminal acetylenes is 1. The first-order valence-corrected chi connectivity index (χ1v) is 15.3. The molecule has 0 radical (unpaired) electrons. The average Bonchev–Trinajstić information content (AvgIpc) is 2.76. The number of ether oxygens (including phenoxy) is 1. The van der Waals surface area contributed by atoms with Crippen molar-refractivity contribution in [1.82, 2.24) is 0 Å². The molecule has 0 aliphatic heterocycles. The molecule has 1 aromatic carbocycles. The van der Waals surface area contributed by atoms with Crippen LogP contribution in [0.2, 0.25) is 16.6 Å². The van der Waals surface area contributed by atoms with Crippen molar-refractivity contribution in [2.45, 2.75) is 116 Å². The number of rotatable bonds is 12. The van der Waals surface area contributed by atoms with Crippen LogP contribution in [0.15, 0.2) is 18.2 Å². The normalized spacial score (nSPS) is 19.4. The Bertz CT molecular complexity index is 701. The average molecular weight is 457 g/mol. The summed E-state index contributed by atoms with van der Waals surface area (Å²) in [5.74, 6) is 6.20. The molecule has 0 N–H and O–H groups in total.